The molecule has 10 rings (SSSR count). The number of para-hydroxylation sites is 3. The molecular weight excluding hydrogens is 759 g/mol. The molecule has 0 bridgehead atoms. The Kier molecular flexibility index (Phi) is 9.63. The van der Waals surface area contributed by atoms with Crippen LogP contribution in [-0.4, -0.2) is 14.5 Å². The minimum atomic E-state index is -0.0307. The van der Waals surface area contributed by atoms with Crippen molar-refractivity contribution in [3.05, 3.63) is 187 Å². The molecule has 5 nitrogen and oxygen atoms in total. The zero-order valence-electron chi connectivity index (χ0n) is 36.1. The lowest BCUT2D eigenvalue weighted by atomic mass is 9.82. The molecule has 3 aromatic heterocycles. The van der Waals surface area contributed by atoms with E-state index < -0.39 is 0 Å². The summed E-state index contributed by atoms with van der Waals surface area (Å²) in [5.74, 6) is 2.15. The zero-order valence-corrected chi connectivity index (χ0v) is 36.1. The Bertz CT molecular complexity index is 3250. The van der Waals surface area contributed by atoms with Crippen LogP contribution in [0.3, 0.4) is 0 Å². The Morgan fingerprint density at radius 2 is 1.31 bits per heavy atom. The van der Waals surface area contributed by atoms with Gasteiger partial charge in [-0.3, -0.25) is 9.55 Å². The molecule has 0 aliphatic rings. The first kappa shape index (κ1) is 38.9. The first-order chi connectivity index (χ1) is 30.0. The van der Waals surface area contributed by atoms with Crippen LogP contribution in [0.15, 0.2) is 180 Å². The monoisotopic (exact) mass is 807 g/mol. The molecule has 0 fully saturated rings. The van der Waals surface area contributed by atoms with Crippen molar-refractivity contribution >= 4 is 33.0 Å². The lowest BCUT2D eigenvalue weighted by Gasteiger charge is -2.23. The van der Waals surface area contributed by atoms with Crippen LogP contribution in [-0.2, 0) is 11.8 Å². The maximum Gasteiger partial charge on any atom is 0.149 e. The van der Waals surface area contributed by atoms with Gasteiger partial charge in [0.15, 0.2) is 0 Å². The Morgan fingerprint density at radius 3 is 2.10 bits per heavy atom. The lowest BCUT2D eigenvalue weighted by Crippen LogP contribution is -2.12. The second-order valence-electron chi connectivity index (χ2n) is 18.5. The molecule has 0 atom stereocenters. The molecule has 0 aliphatic carbocycles. The summed E-state index contributed by atoms with van der Waals surface area (Å²) >= 11 is 0. The zero-order chi connectivity index (χ0) is 42.6. The molecular formula is C57H49N3O2. The number of aromatic nitrogens is 3. The van der Waals surface area contributed by atoms with Crippen molar-refractivity contribution < 1.29 is 9.15 Å². The number of hydrogen-bond donors (Lipinski definition) is 0. The van der Waals surface area contributed by atoms with Gasteiger partial charge in [0.05, 0.1) is 28.0 Å². The quantitative estimate of drug-likeness (QED) is 0.153. The summed E-state index contributed by atoms with van der Waals surface area (Å²) < 4.78 is 16.2. The molecule has 10 aromatic rings. The summed E-state index contributed by atoms with van der Waals surface area (Å²) in [5, 5.41) is 1.95. The number of ether oxygens (including phenoxy) is 1. The van der Waals surface area contributed by atoms with Crippen molar-refractivity contribution in [3.8, 4) is 62.1 Å². The molecule has 7 aromatic carbocycles. The van der Waals surface area contributed by atoms with Gasteiger partial charge in [-0.1, -0.05) is 151 Å². The summed E-state index contributed by atoms with van der Waals surface area (Å²) in [6, 6.07) is 59.3. The van der Waals surface area contributed by atoms with Gasteiger partial charge in [-0.25, -0.2) is 4.98 Å². The van der Waals surface area contributed by atoms with Crippen LogP contribution in [0.1, 0.15) is 52.7 Å². The van der Waals surface area contributed by atoms with E-state index >= 15 is 0 Å². The summed E-state index contributed by atoms with van der Waals surface area (Å²) in [4.78, 5) is 10.2. The topological polar surface area (TPSA) is 53.1 Å². The largest absolute Gasteiger partial charge is 0.457 e. The van der Waals surface area contributed by atoms with Crippen LogP contribution < -0.4 is 4.74 Å². The Balaban J connectivity index is 1.17. The first-order valence-corrected chi connectivity index (χ1v) is 21.4. The summed E-state index contributed by atoms with van der Waals surface area (Å²) in [5.41, 5.74) is 14.4. The van der Waals surface area contributed by atoms with Gasteiger partial charge in [0.2, 0.25) is 0 Å². The summed E-state index contributed by atoms with van der Waals surface area (Å²) in [6.45, 7) is 13.5. The van der Waals surface area contributed by atoms with E-state index in [1.807, 2.05) is 24.4 Å². The molecule has 0 saturated heterocycles. The fourth-order valence-corrected chi connectivity index (χ4v) is 8.78. The van der Waals surface area contributed by atoms with Gasteiger partial charge in [-0.05, 0) is 106 Å². The smallest absolute Gasteiger partial charge is 0.149 e. The van der Waals surface area contributed by atoms with Gasteiger partial charge in [0.1, 0.15) is 28.5 Å². The summed E-state index contributed by atoms with van der Waals surface area (Å²) in [6.07, 6.45) is 2.96. The van der Waals surface area contributed by atoms with Gasteiger partial charge >= 0.3 is 0 Å². The van der Waals surface area contributed by atoms with E-state index in [4.69, 9.17) is 19.1 Å². The first-order valence-electron chi connectivity index (χ1n) is 21.4. The van der Waals surface area contributed by atoms with E-state index in [0.717, 1.165) is 84.4 Å². The van der Waals surface area contributed by atoms with Gasteiger partial charge in [0.25, 0.3) is 0 Å². The third-order valence-electron chi connectivity index (χ3n) is 11.5. The average molecular weight is 808 g/mol. The van der Waals surface area contributed by atoms with Crippen molar-refractivity contribution in [2.75, 3.05) is 0 Å². The number of fused-ring (bicyclic) bond motifs is 4. The van der Waals surface area contributed by atoms with Gasteiger partial charge < -0.3 is 9.15 Å². The van der Waals surface area contributed by atoms with Gasteiger partial charge in [-0.2, -0.15) is 0 Å². The van der Waals surface area contributed by atoms with Crippen LogP contribution in [0.25, 0.3) is 83.6 Å². The molecule has 0 saturated carbocycles. The number of nitrogens with zero attached hydrogens (tertiary/aromatic N) is 3. The van der Waals surface area contributed by atoms with E-state index in [1.165, 1.54) is 16.7 Å². The van der Waals surface area contributed by atoms with Crippen molar-refractivity contribution in [3.63, 3.8) is 0 Å². The van der Waals surface area contributed by atoms with Crippen LogP contribution in [0.5, 0.6) is 11.5 Å². The highest BCUT2D eigenvalue weighted by Gasteiger charge is 2.24. The minimum absolute atomic E-state index is 0.0307. The third-order valence-corrected chi connectivity index (χ3v) is 11.5. The molecule has 0 N–H and O–H groups in total. The third kappa shape index (κ3) is 7.45. The minimum Gasteiger partial charge on any atom is -0.457 e. The summed E-state index contributed by atoms with van der Waals surface area (Å²) in [7, 11) is 0. The van der Waals surface area contributed by atoms with E-state index in [2.05, 4.69) is 198 Å². The Hall–Kier alpha value is -7.24. The predicted octanol–water partition coefficient (Wildman–Crippen LogP) is 15.7. The molecule has 0 aliphatic heterocycles. The SMILES string of the molecule is CC(C)(C)Cc1ccc(-c2cccc(Oc3cc(-c4nc5ccccc5n4-c4ccccc4-c4ccccc4)c4oc5cc(-c6ccccc6C(C)(C)C)ccc5c4c3)c2)nc1. The fourth-order valence-electron chi connectivity index (χ4n) is 8.78. The number of pyridine rings is 1. The number of imidazole rings is 1. The Morgan fingerprint density at radius 1 is 0.565 bits per heavy atom. The molecule has 0 spiro atoms. The molecule has 304 valence electrons. The van der Waals surface area contributed by atoms with Crippen LogP contribution in [0.4, 0.5) is 0 Å². The highest BCUT2D eigenvalue weighted by Crippen LogP contribution is 2.44. The normalized spacial score (nSPS) is 12.1. The number of benzene rings is 7. The van der Waals surface area contributed by atoms with E-state index in [0.29, 0.717) is 11.5 Å². The highest BCUT2D eigenvalue weighted by molar-refractivity contribution is 6.11. The van der Waals surface area contributed by atoms with Crippen LogP contribution in [0, 0.1) is 5.41 Å². The molecule has 62 heavy (non-hydrogen) atoms. The second-order valence-corrected chi connectivity index (χ2v) is 18.5. The average Bonchev–Trinajstić information content (AvgIpc) is 3.84. The second kappa shape index (κ2) is 15.3. The number of furan rings is 1. The lowest BCUT2D eigenvalue weighted by molar-refractivity contribution is 0.411. The highest BCUT2D eigenvalue weighted by atomic mass is 16.5. The van der Waals surface area contributed by atoms with E-state index in [-0.39, 0.29) is 10.8 Å². The maximum atomic E-state index is 7.03. The van der Waals surface area contributed by atoms with E-state index in [9.17, 15) is 0 Å². The number of rotatable bonds is 8. The van der Waals surface area contributed by atoms with Crippen molar-refractivity contribution in [2.24, 2.45) is 5.41 Å². The predicted molar refractivity (Wildman–Crippen MR) is 256 cm³/mol. The van der Waals surface area contributed by atoms with E-state index in [1.54, 1.807) is 0 Å². The van der Waals surface area contributed by atoms with Crippen molar-refractivity contribution in [1.29, 1.82) is 0 Å². The van der Waals surface area contributed by atoms with Gasteiger partial charge in [-0.15, -0.1) is 0 Å². The standard InChI is InChI=1S/C57H49N3O2/c1-56(2,3)35-37-27-30-49(58-36-37)40-19-16-20-41(31-40)61-42-33-46-45-29-28-39(43-21-10-12-23-48(43)57(4,5)6)32-53(45)62-54(46)47(34-42)55-59-50-24-13-15-26-52(50)60(55)51-25-14-11-22-44(51)38-17-8-7-9-18-38/h7-34,36H,35H2,1-6H3. The number of hydrogen-bond acceptors (Lipinski definition) is 4. The van der Waals surface area contributed by atoms with Gasteiger partial charge in [0, 0.05) is 28.1 Å². The van der Waals surface area contributed by atoms with Crippen LogP contribution >= 0.6 is 0 Å². The maximum absolute atomic E-state index is 7.03. The van der Waals surface area contributed by atoms with Crippen molar-refractivity contribution in [1.82, 2.24) is 14.5 Å². The molecule has 0 radical (unpaired) electrons. The fraction of sp³-hybridized carbons (Fsp3) is 0.158. The molecule has 0 amide bonds. The Labute approximate surface area is 363 Å². The van der Waals surface area contributed by atoms with Crippen molar-refractivity contribution in [2.45, 2.75) is 53.4 Å². The molecule has 0 unspecified atom stereocenters. The molecule has 3 heterocycles. The molecule has 5 heteroatoms. The van der Waals surface area contributed by atoms with Crippen LogP contribution in [0.2, 0.25) is 0 Å².